The van der Waals surface area contributed by atoms with E-state index in [1.54, 1.807) is 11.0 Å². The number of benzene rings is 3. The molecular weight excluding hydrogens is 547 g/mol. The van der Waals surface area contributed by atoms with Gasteiger partial charge in [0.2, 0.25) is 11.8 Å². The molecule has 2 amide bonds. The molecule has 0 unspecified atom stereocenters. The number of nitrogens with one attached hydrogen (secondary N) is 1. The summed E-state index contributed by atoms with van der Waals surface area (Å²) < 4.78 is 0. The van der Waals surface area contributed by atoms with Gasteiger partial charge in [-0.15, -0.1) is 11.8 Å². The third kappa shape index (κ3) is 8.76. The van der Waals surface area contributed by atoms with Crippen molar-refractivity contribution >= 4 is 46.8 Å². The predicted octanol–water partition coefficient (Wildman–Crippen LogP) is 7.62. The van der Waals surface area contributed by atoms with Crippen LogP contribution in [-0.2, 0) is 28.3 Å². The second kappa shape index (κ2) is 14.8. The van der Waals surface area contributed by atoms with Crippen molar-refractivity contribution in [2.45, 2.75) is 69.8 Å². The molecule has 1 aliphatic rings. The van der Waals surface area contributed by atoms with E-state index in [1.807, 2.05) is 73.7 Å². The zero-order valence-corrected chi connectivity index (χ0v) is 24.7. The van der Waals surface area contributed by atoms with Gasteiger partial charge in [0.1, 0.15) is 6.04 Å². The number of rotatable bonds is 11. The Morgan fingerprint density at radius 3 is 2.36 bits per heavy atom. The summed E-state index contributed by atoms with van der Waals surface area (Å²) in [5.41, 5.74) is 4.18. The summed E-state index contributed by atoms with van der Waals surface area (Å²) >= 11 is 13.8. The number of carbonyl (C=O) groups is 2. The molecule has 206 valence electrons. The van der Waals surface area contributed by atoms with E-state index in [2.05, 4.69) is 5.32 Å². The number of aryl methyl sites for hydroxylation is 1. The summed E-state index contributed by atoms with van der Waals surface area (Å²) in [4.78, 5) is 29.5. The van der Waals surface area contributed by atoms with Crippen molar-refractivity contribution in [1.82, 2.24) is 10.2 Å². The summed E-state index contributed by atoms with van der Waals surface area (Å²) in [5.74, 6) is 0.761. The number of hydrogen-bond donors (Lipinski definition) is 1. The predicted molar refractivity (Wildman–Crippen MR) is 163 cm³/mol. The molecule has 3 aromatic carbocycles. The summed E-state index contributed by atoms with van der Waals surface area (Å²) in [5, 5.41) is 4.32. The van der Waals surface area contributed by atoms with Gasteiger partial charge in [-0.05, 0) is 54.2 Å². The molecule has 1 fully saturated rings. The van der Waals surface area contributed by atoms with Crippen LogP contribution in [0.1, 0.15) is 54.4 Å². The minimum atomic E-state index is -0.605. The van der Waals surface area contributed by atoms with Gasteiger partial charge in [-0.2, -0.15) is 0 Å². The standard InChI is InChI=1S/C32H36Cl2N2O2S/c1-23-10-8-9-13-26(23)20-36(31(37)22-39-21-25-16-17-28(33)29(34)18-25)30(19-24-11-4-2-5-12-24)32(38)35-27-14-6-3-7-15-27/h2,4-5,8-13,16-18,27,30H,3,6-7,14-15,19-22H2,1H3,(H,35,38)/t30-/m0/s1. The Bertz CT molecular complexity index is 1250. The Balaban J connectivity index is 1.57. The smallest absolute Gasteiger partial charge is 0.243 e. The maximum atomic E-state index is 13.9. The van der Waals surface area contributed by atoms with E-state index in [0.717, 1.165) is 47.9 Å². The molecule has 0 aliphatic heterocycles. The Hall–Kier alpha value is -2.47. The molecule has 39 heavy (non-hydrogen) atoms. The first-order valence-electron chi connectivity index (χ1n) is 13.6. The molecule has 1 aliphatic carbocycles. The van der Waals surface area contributed by atoms with E-state index in [9.17, 15) is 9.59 Å². The van der Waals surface area contributed by atoms with Crippen LogP contribution >= 0.6 is 35.0 Å². The SMILES string of the molecule is Cc1ccccc1CN(C(=O)CSCc1ccc(Cl)c(Cl)c1)[C@@H](Cc1ccccc1)C(=O)NC1CCCCC1. The molecule has 4 rings (SSSR count). The van der Waals surface area contributed by atoms with Crippen LogP contribution in [0.4, 0.5) is 0 Å². The zero-order valence-electron chi connectivity index (χ0n) is 22.4. The van der Waals surface area contributed by atoms with Crippen molar-refractivity contribution in [1.29, 1.82) is 0 Å². The topological polar surface area (TPSA) is 49.4 Å². The average molecular weight is 584 g/mol. The van der Waals surface area contributed by atoms with Crippen LogP contribution in [0.15, 0.2) is 72.8 Å². The van der Waals surface area contributed by atoms with Crippen LogP contribution in [0.5, 0.6) is 0 Å². The summed E-state index contributed by atoms with van der Waals surface area (Å²) in [6.45, 7) is 2.43. The van der Waals surface area contributed by atoms with Crippen LogP contribution in [0, 0.1) is 6.92 Å². The lowest BCUT2D eigenvalue weighted by Gasteiger charge is -2.34. The van der Waals surface area contributed by atoms with E-state index in [1.165, 1.54) is 18.2 Å². The lowest BCUT2D eigenvalue weighted by molar-refractivity contribution is -0.139. The summed E-state index contributed by atoms with van der Waals surface area (Å²) in [7, 11) is 0. The first kappa shape index (κ1) is 29.5. The average Bonchev–Trinajstić information content (AvgIpc) is 2.94. The van der Waals surface area contributed by atoms with Gasteiger partial charge in [-0.3, -0.25) is 9.59 Å². The van der Waals surface area contributed by atoms with Gasteiger partial charge < -0.3 is 10.2 Å². The molecule has 0 radical (unpaired) electrons. The van der Waals surface area contributed by atoms with Gasteiger partial charge >= 0.3 is 0 Å². The van der Waals surface area contributed by atoms with Crippen molar-refractivity contribution in [3.63, 3.8) is 0 Å². The first-order chi connectivity index (χ1) is 18.9. The zero-order chi connectivity index (χ0) is 27.6. The minimum Gasteiger partial charge on any atom is -0.352 e. The van der Waals surface area contributed by atoms with E-state index in [0.29, 0.717) is 28.8 Å². The Morgan fingerprint density at radius 2 is 1.64 bits per heavy atom. The van der Waals surface area contributed by atoms with Crippen molar-refractivity contribution < 1.29 is 9.59 Å². The normalized spacial score (nSPS) is 14.5. The molecule has 1 atom stereocenters. The van der Waals surface area contributed by atoms with Crippen LogP contribution in [0.2, 0.25) is 10.0 Å². The second-order valence-electron chi connectivity index (χ2n) is 10.2. The molecule has 0 saturated heterocycles. The van der Waals surface area contributed by atoms with Crippen LogP contribution in [-0.4, -0.2) is 34.6 Å². The van der Waals surface area contributed by atoms with E-state index < -0.39 is 6.04 Å². The van der Waals surface area contributed by atoms with Crippen molar-refractivity contribution in [2.24, 2.45) is 0 Å². The largest absolute Gasteiger partial charge is 0.352 e. The molecule has 1 N–H and O–H groups in total. The minimum absolute atomic E-state index is 0.0527. The molecule has 3 aromatic rings. The fraction of sp³-hybridized carbons (Fsp3) is 0.375. The van der Waals surface area contributed by atoms with E-state index in [4.69, 9.17) is 23.2 Å². The lowest BCUT2D eigenvalue weighted by Crippen LogP contribution is -2.53. The number of nitrogens with zero attached hydrogens (tertiary/aromatic N) is 1. The highest BCUT2D eigenvalue weighted by Crippen LogP contribution is 2.26. The number of hydrogen-bond acceptors (Lipinski definition) is 3. The Labute approximate surface area is 246 Å². The highest BCUT2D eigenvalue weighted by Gasteiger charge is 2.32. The number of amides is 2. The number of halogens is 2. The first-order valence-corrected chi connectivity index (χ1v) is 15.5. The maximum absolute atomic E-state index is 13.9. The monoisotopic (exact) mass is 582 g/mol. The van der Waals surface area contributed by atoms with Gasteiger partial charge in [-0.1, -0.05) is 103 Å². The quantitative estimate of drug-likeness (QED) is 0.253. The van der Waals surface area contributed by atoms with Crippen LogP contribution in [0.25, 0.3) is 0 Å². The summed E-state index contributed by atoms with van der Waals surface area (Å²) in [6, 6.07) is 23.1. The van der Waals surface area contributed by atoms with Gasteiger partial charge in [0, 0.05) is 24.8 Å². The third-order valence-electron chi connectivity index (χ3n) is 7.30. The molecule has 7 heteroatoms. The number of carbonyl (C=O) groups excluding carboxylic acids is 2. The molecular formula is C32H36Cl2N2O2S. The fourth-order valence-electron chi connectivity index (χ4n) is 5.04. The maximum Gasteiger partial charge on any atom is 0.243 e. The third-order valence-corrected chi connectivity index (χ3v) is 9.03. The molecule has 1 saturated carbocycles. The fourth-order valence-corrected chi connectivity index (χ4v) is 6.22. The van der Waals surface area contributed by atoms with E-state index in [-0.39, 0.29) is 23.6 Å². The Kier molecular flexibility index (Phi) is 11.2. The molecule has 4 nitrogen and oxygen atoms in total. The highest BCUT2D eigenvalue weighted by atomic mass is 35.5. The number of thioether (sulfide) groups is 1. The van der Waals surface area contributed by atoms with Crippen LogP contribution < -0.4 is 5.32 Å². The second-order valence-corrected chi connectivity index (χ2v) is 12.0. The molecule has 0 aromatic heterocycles. The van der Waals surface area contributed by atoms with Crippen LogP contribution in [0.3, 0.4) is 0 Å². The van der Waals surface area contributed by atoms with Gasteiger partial charge in [0.05, 0.1) is 15.8 Å². The van der Waals surface area contributed by atoms with Gasteiger partial charge in [0.25, 0.3) is 0 Å². The lowest BCUT2D eigenvalue weighted by atomic mass is 9.94. The Morgan fingerprint density at radius 1 is 0.923 bits per heavy atom. The van der Waals surface area contributed by atoms with Crippen molar-refractivity contribution in [2.75, 3.05) is 5.75 Å². The molecule has 0 heterocycles. The van der Waals surface area contributed by atoms with Gasteiger partial charge in [-0.25, -0.2) is 0 Å². The van der Waals surface area contributed by atoms with Crippen molar-refractivity contribution in [3.8, 4) is 0 Å². The molecule has 0 spiro atoms. The van der Waals surface area contributed by atoms with E-state index >= 15 is 0 Å². The van der Waals surface area contributed by atoms with Gasteiger partial charge in [0.15, 0.2) is 0 Å². The highest BCUT2D eigenvalue weighted by molar-refractivity contribution is 7.99. The molecule has 0 bridgehead atoms. The summed E-state index contributed by atoms with van der Waals surface area (Å²) in [6.07, 6.45) is 5.93. The van der Waals surface area contributed by atoms with Crippen molar-refractivity contribution in [3.05, 3.63) is 105 Å².